The van der Waals surface area contributed by atoms with Crippen molar-refractivity contribution in [2.75, 3.05) is 13.1 Å². The summed E-state index contributed by atoms with van der Waals surface area (Å²) in [7, 11) is 0. The van der Waals surface area contributed by atoms with E-state index in [-0.39, 0.29) is 23.2 Å². The van der Waals surface area contributed by atoms with E-state index in [1.54, 1.807) is 6.07 Å². The monoisotopic (exact) mass is 278 g/mol. The Labute approximate surface area is 120 Å². The zero-order valence-corrected chi connectivity index (χ0v) is 12.2. The van der Waals surface area contributed by atoms with Gasteiger partial charge in [-0.2, -0.15) is 0 Å². The van der Waals surface area contributed by atoms with Gasteiger partial charge in [-0.05, 0) is 50.4 Å². The van der Waals surface area contributed by atoms with Crippen LogP contribution in [0.4, 0.5) is 4.39 Å². The molecule has 0 aromatic heterocycles. The van der Waals surface area contributed by atoms with Crippen molar-refractivity contribution in [3.8, 4) is 0 Å². The summed E-state index contributed by atoms with van der Waals surface area (Å²) >= 11 is 0. The second-order valence-corrected chi connectivity index (χ2v) is 5.66. The lowest BCUT2D eigenvalue weighted by Gasteiger charge is -2.36. The highest BCUT2D eigenvalue weighted by molar-refractivity contribution is 5.83. The van der Waals surface area contributed by atoms with Crippen LogP contribution in [-0.4, -0.2) is 19.0 Å². The molecule has 1 heterocycles. The maximum Gasteiger partial charge on any atom is 0.227 e. The Kier molecular flexibility index (Phi) is 4.76. The second kappa shape index (κ2) is 6.35. The Morgan fingerprint density at radius 2 is 2.35 bits per heavy atom. The molecule has 0 spiro atoms. The van der Waals surface area contributed by atoms with Crippen LogP contribution < -0.4 is 10.6 Å². The number of halogens is 1. The van der Waals surface area contributed by atoms with Gasteiger partial charge >= 0.3 is 0 Å². The van der Waals surface area contributed by atoms with E-state index < -0.39 is 0 Å². The fourth-order valence-electron chi connectivity index (χ4n) is 2.83. The number of rotatable bonds is 4. The quantitative estimate of drug-likeness (QED) is 0.889. The number of piperidine rings is 1. The fourth-order valence-corrected chi connectivity index (χ4v) is 2.83. The highest BCUT2D eigenvalue weighted by Gasteiger charge is 2.38. The molecular formula is C16H23FN2O. The summed E-state index contributed by atoms with van der Waals surface area (Å²) in [6, 6.07) is 6.22. The summed E-state index contributed by atoms with van der Waals surface area (Å²) < 4.78 is 13.2. The average Bonchev–Trinajstić information content (AvgIpc) is 2.47. The molecule has 1 aliphatic heterocycles. The molecule has 20 heavy (non-hydrogen) atoms. The Hall–Kier alpha value is -1.42. The van der Waals surface area contributed by atoms with Gasteiger partial charge in [0.25, 0.3) is 0 Å². The SMILES string of the molecule is CCC1(C(=O)N[C@H](C)c2cccc(F)c2)CCCNC1. The van der Waals surface area contributed by atoms with Crippen molar-refractivity contribution in [1.82, 2.24) is 10.6 Å². The number of nitrogens with one attached hydrogen (secondary N) is 2. The number of hydrogen-bond donors (Lipinski definition) is 2. The average molecular weight is 278 g/mol. The van der Waals surface area contributed by atoms with Crippen LogP contribution >= 0.6 is 0 Å². The fraction of sp³-hybridized carbons (Fsp3) is 0.562. The molecule has 110 valence electrons. The van der Waals surface area contributed by atoms with Crippen molar-refractivity contribution in [1.29, 1.82) is 0 Å². The van der Waals surface area contributed by atoms with Gasteiger partial charge < -0.3 is 10.6 Å². The van der Waals surface area contributed by atoms with Crippen LogP contribution in [0.5, 0.6) is 0 Å². The van der Waals surface area contributed by atoms with Crippen molar-refractivity contribution in [3.05, 3.63) is 35.6 Å². The molecule has 1 saturated heterocycles. The van der Waals surface area contributed by atoms with E-state index in [4.69, 9.17) is 0 Å². The Balaban J connectivity index is 2.06. The van der Waals surface area contributed by atoms with Crippen molar-refractivity contribution >= 4 is 5.91 Å². The first-order valence-corrected chi connectivity index (χ1v) is 7.34. The number of benzene rings is 1. The third-order valence-electron chi connectivity index (χ3n) is 4.33. The Morgan fingerprint density at radius 1 is 1.55 bits per heavy atom. The van der Waals surface area contributed by atoms with Crippen LogP contribution in [0, 0.1) is 11.2 Å². The van der Waals surface area contributed by atoms with E-state index in [1.165, 1.54) is 12.1 Å². The van der Waals surface area contributed by atoms with Gasteiger partial charge in [-0.3, -0.25) is 4.79 Å². The molecule has 0 radical (unpaired) electrons. The highest BCUT2D eigenvalue weighted by Crippen LogP contribution is 2.31. The van der Waals surface area contributed by atoms with Crippen LogP contribution in [0.2, 0.25) is 0 Å². The normalized spacial score (nSPS) is 24.1. The van der Waals surface area contributed by atoms with Gasteiger partial charge in [0.2, 0.25) is 5.91 Å². The molecule has 2 rings (SSSR count). The molecular weight excluding hydrogens is 255 g/mol. The number of carbonyl (C=O) groups excluding carboxylic acids is 1. The van der Waals surface area contributed by atoms with Gasteiger partial charge in [-0.1, -0.05) is 19.1 Å². The maximum absolute atomic E-state index is 13.2. The van der Waals surface area contributed by atoms with Gasteiger partial charge in [0.15, 0.2) is 0 Å². The molecule has 1 aromatic rings. The van der Waals surface area contributed by atoms with E-state index >= 15 is 0 Å². The topological polar surface area (TPSA) is 41.1 Å². The molecule has 2 N–H and O–H groups in total. The molecule has 0 aliphatic carbocycles. The molecule has 1 fully saturated rings. The first-order valence-electron chi connectivity index (χ1n) is 7.34. The maximum atomic E-state index is 13.2. The van der Waals surface area contributed by atoms with Gasteiger partial charge in [0.05, 0.1) is 11.5 Å². The van der Waals surface area contributed by atoms with Crippen LogP contribution in [0.25, 0.3) is 0 Å². The predicted molar refractivity (Wildman–Crippen MR) is 77.8 cm³/mol. The largest absolute Gasteiger partial charge is 0.349 e. The molecule has 3 nitrogen and oxygen atoms in total. The predicted octanol–water partition coefficient (Wildman–Crippen LogP) is 2.78. The smallest absolute Gasteiger partial charge is 0.227 e. The molecule has 4 heteroatoms. The van der Waals surface area contributed by atoms with Crippen molar-refractivity contribution in [2.45, 2.75) is 39.2 Å². The standard InChI is InChI=1S/C16H23FN2O/c1-3-16(8-5-9-18-11-16)15(20)19-12(2)13-6-4-7-14(17)10-13/h4,6-7,10,12,18H,3,5,8-9,11H2,1-2H3,(H,19,20)/t12-,16?/m1/s1. The van der Waals surface area contributed by atoms with Crippen LogP contribution in [0.1, 0.15) is 44.7 Å². The Bertz CT molecular complexity index is 469. The van der Waals surface area contributed by atoms with Gasteiger partial charge in [0, 0.05) is 6.54 Å². The molecule has 0 bridgehead atoms. The number of carbonyl (C=O) groups is 1. The van der Waals surface area contributed by atoms with E-state index in [9.17, 15) is 9.18 Å². The molecule has 2 atom stereocenters. The van der Waals surface area contributed by atoms with Crippen LogP contribution in [-0.2, 0) is 4.79 Å². The lowest BCUT2D eigenvalue weighted by atomic mass is 9.77. The summed E-state index contributed by atoms with van der Waals surface area (Å²) in [4.78, 5) is 12.6. The first kappa shape index (κ1) is 15.0. The molecule has 1 amide bonds. The van der Waals surface area contributed by atoms with Crippen molar-refractivity contribution < 1.29 is 9.18 Å². The van der Waals surface area contributed by atoms with E-state index in [0.717, 1.165) is 37.9 Å². The third kappa shape index (κ3) is 3.18. The molecule has 0 saturated carbocycles. The lowest BCUT2D eigenvalue weighted by Crippen LogP contribution is -2.50. The minimum Gasteiger partial charge on any atom is -0.349 e. The Morgan fingerprint density at radius 3 is 2.95 bits per heavy atom. The van der Waals surface area contributed by atoms with Gasteiger partial charge in [0.1, 0.15) is 5.82 Å². The summed E-state index contributed by atoms with van der Waals surface area (Å²) in [5, 5.41) is 6.35. The van der Waals surface area contributed by atoms with Gasteiger partial charge in [-0.25, -0.2) is 4.39 Å². The first-order chi connectivity index (χ1) is 9.57. The van der Waals surface area contributed by atoms with E-state index in [1.807, 2.05) is 13.0 Å². The third-order valence-corrected chi connectivity index (χ3v) is 4.33. The minimum absolute atomic E-state index is 0.0731. The van der Waals surface area contributed by atoms with Gasteiger partial charge in [-0.15, -0.1) is 0 Å². The summed E-state index contributed by atoms with van der Waals surface area (Å²) in [6.07, 6.45) is 2.76. The zero-order valence-electron chi connectivity index (χ0n) is 12.2. The molecule has 1 aliphatic rings. The number of hydrogen-bond acceptors (Lipinski definition) is 2. The minimum atomic E-state index is -0.320. The van der Waals surface area contributed by atoms with E-state index in [0.29, 0.717) is 0 Å². The highest BCUT2D eigenvalue weighted by atomic mass is 19.1. The van der Waals surface area contributed by atoms with Crippen molar-refractivity contribution in [3.63, 3.8) is 0 Å². The summed E-state index contributed by atoms with van der Waals surface area (Å²) in [5.74, 6) is -0.197. The van der Waals surface area contributed by atoms with Crippen molar-refractivity contribution in [2.24, 2.45) is 5.41 Å². The summed E-state index contributed by atoms with van der Waals surface area (Å²) in [5.41, 5.74) is 0.480. The van der Waals surface area contributed by atoms with Crippen LogP contribution in [0.15, 0.2) is 24.3 Å². The second-order valence-electron chi connectivity index (χ2n) is 5.66. The zero-order chi connectivity index (χ0) is 14.6. The summed E-state index contributed by atoms with van der Waals surface area (Å²) in [6.45, 7) is 5.66. The van der Waals surface area contributed by atoms with E-state index in [2.05, 4.69) is 17.6 Å². The number of amides is 1. The lowest BCUT2D eigenvalue weighted by molar-refractivity contribution is -0.133. The van der Waals surface area contributed by atoms with Crippen LogP contribution in [0.3, 0.4) is 0 Å². The molecule has 1 aromatic carbocycles. The molecule has 1 unspecified atom stereocenters.